The first kappa shape index (κ1) is 19.7. The van der Waals surface area contributed by atoms with Crippen molar-refractivity contribution in [2.45, 2.75) is 19.8 Å². The van der Waals surface area contributed by atoms with E-state index in [9.17, 15) is 14.4 Å². The molecule has 33 heavy (non-hydrogen) atoms. The van der Waals surface area contributed by atoms with E-state index in [1.54, 1.807) is 43.3 Å². The highest BCUT2D eigenvalue weighted by Gasteiger charge is 2.35. The first-order valence-corrected chi connectivity index (χ1v) is 10.9. The second-order valence-corrected chi connectivity index (χ2v) is 8.67. The Balaban J connectivity index is 1.41. The predicted molar refractivity (Wildman–Crippen MR) is 126 cm³/mol. The van der Waals surface area contributed by atoms with Gasteiger partial charge in [0.15, 0.2) is 0 Å². The average molecular weight is 457 g/mol. The van der Waals surface area contributed by atoms with Gasteiger partial charge in [0.05, 0.1) is 28.6 Å². The number of hydrogen-bond donors (Lipinski definition) is 1. The highest BCUT2D eigenvalue weighted by molar-refractivity contribution is 6.30. The van der Waals surface area contributed by atoms with Crippen LogP contribution in [-0.2, 0) is 12.8 Å². The molecule has 1 aliphatic heterocycles. The number of nitrogens with one attached hydrogen (secondary N) is 1. The van der Waals surface area contributed by atoms with Crippen LogP contribution in [0.3, 0.4) is 0 Å². The molecule has 0 radical (unpaired) electrons. The molecule has 0 spiro atoms. The van der Waals surface area contributed by atoms with E-state index in [1.165, 1.54) is 10.9 Å². The third-order valence-corrected chi connectivity index (χ3v) is 6.56. The number of halogens is 1. The number of aromatic nitrogens is 2. The van der Waals surface area contributed by atoms with Gasteiger partial charge in [0.2, 0.25) is 0 Å². The molecule has 2 aliphatic rings. The molecule has 162 valence electrons. The Hall–Kier alpha value is -3.97. The molecular weight excluding hydrogens is 440 g/mol. The number of aryl methyl sites for hydroxylation is 3. The topological polar surface area (TPSA) is 87.5 Å². The number of amides is 2. The van der Waals surface area contributed by atoms with Gasteiger partial charge in [-0.15, -0.1) is 0 Å². The third kappa shape index (κ3) is 2.82. The van der Waals surface area contributed by atoms with Gasteiger partial charge in [-0.05, 0) is 66.6 Å². The number of rotatable bonds is 3. The van der Waals surface area contributed by atoms with E-state index in [4.69, 9.17) is 11.6 Å². The fourth-order valence-electron chi connectivity index (χ4n) is 4.73. The van der Waals surface area contributed by atoms with Crippen LogP contribution in [0.4, 0.5) is 0 Å². The van der Waals surface area contributed by atoms with E-state index in [0.29, 0.717) is 32.9 Å². The fourth-order valence-corrected chi connectivity index (χ4v) is 4.92. The lowest BCUT2D eigenvalue weighted by molar-refractivity contribution is 0.0616. The summed E-state index contributed by atoms with van der Waals surface area (Å²) in [5.41, 5.74) is 4.22. The van der Waals surface area contributed by atoms with Crippen molar-refractivity contribution in [3.8, 4) is 5.69 Å². The maximum absolute atomic E-state index is 13.2. The van der Waals surface area contributed by atoms with Crippen molar-refractivity contribution < 1.29 is 9.59 Å². The zero-order chi connectivity index (χ0) is 22.9. The van der Waals surface area contributed by atoms with Crippen molar-refractivity contribution in [2.24, 2.45) is 5.10 Å². The molecule has 7 nitrogen and oxygen atoms in total. The van der Waals surface area contributed by atoms with Crippen LogP contribution in [-0.4, -0.2) is 32.8 Å². The van der Waals surface area contributed by atoms with Gasteiger partial charge in [-0.25, -0.2) is 4.68 Å². The van der Waals surface area contributed by atoms with Crippen LogP contribution >= 0.6 is 11.6 Å². The number of aromatic amines is 1. The van der Waals surface area contributed by atoms with Gasteiger partial charge in [-0.2, -0.15) is 10.1 Å². The molecule has 3 aromatic carbocycles. The van der Waals surface area contributed by atoms with Crippen LogP contribution in [0.1, 0.15) is 43.1 Å². The van der Waals surface area contributed by atoms with Crippen molar-refractivity contribution >= 4 is 40.4 Å². The largest absolute Gasteiger partial charge is 0.295 e. The molecule has 1 aromatic heterocycles. The maximum atomic E-state index is 13.2. The Labute approximate surface area is 192 Å². The van der Waals surface area contributed by atoms with E-state index in [0.717, 1.165) is 34.4 Å². The summed E-state index contributed by atoms with van der Waals surface area (Å²) in [6.45, 7) is 1.72. The number of nitrogens with zero attached hydrogens (tertiary/aromatic N) is 3. The Morgan fingerprint density at radius 1 is 0.939 bits per heavy atom. The molecule has 0 atom stereocenters. The molecule has 2 heterocycles. The summed E-state index contributed by atoms with van der Waals surface area (Å²) < 4.78 is 1.34. The van der Waals surface area contributed by atoms with Crippen molar-refractivity contribution in [3.05, 3.63) is 97.4 Å². The number of hydrogen-bond acceptors (Lipinski definition) is 4. The molecule has 4 aromatic rings. The first-order valence-electron chi connectivity index (χ1n) is 10.5. The molecule has 1 N–H and O–H groups in total. The molecule has 0 bridgehead atoms. The number of carbonyl (C=O) groups excluding carboxylic acids is 2. The van der Waals surface area contributed by atoms with Gasteiger partial charge in [-0.3, -0.25) is 19.5 Å². The van der Waals surface area contributed by atoms with Crippen LogP contribution in [0.25, 0.3) is 16.5 Å². The van der Waals surface area contributed by atoms with Gasteiger partial charge >= 0.3 is 0 Å². The van der Waals surface area contributed by atoms with E-state index < -0.39 is 11.8 Å². The highest BCUT2D eigenvalue weighted by atomic mass is 35.5. The average Bonchev–Trinajstić information content (AvgIpc) is 3.35. The van der Waals surface area contributed by atoms with Crippen LogP contribution in [0.15, 0.2) is 58.4 Å². The number of hydrazone groups is 1. The van der Waals surface area contributed by atoms with Crippen molar-refractivity contribution in [1.82, 2.24) is 14.8 Å². The molecule has 2 amide bonds. The Bertz CT molecular complexity index is 1550. The predicted octanol–water partition coefficient (Wildman–Crippen LogP) is 4.01. The number of imide groups is 1. The lowest BCUT2D eigenvalue weighted by Gasteiger charge is -2.23. The Morgan fingerprint density at radius 3 is 2.24 bits per heavy atom. The normalized spacial score (nSPS) is 14.8. The van der Waals surface area contributed by atoms with Gasteiger partial charge in [-0.1, -0.05) is 29.8 Å². The smallest absolute Gasteiger partial charge is 0.282 e. The molecule has 8 heteroatoms. The summed E-state index contributed by atoms with van der Waals surface area (Å²) in [6.07, 6.45) is 3.07. The lowest BCUT2D eigenvalue weighted by atomic mass is 9.92. The first-order chi connectivity index (χ1) is 15.9. The second-order valence-electron chi connectivity index (χ2n) is 8.23. The minimum absolute atomic E-state index is 0.245. The molecule has 0 saturated heterocycles. The van der Waals surface area contributed by atoms with E-state index in [-0.39, 0.29) is 11.1 Å². The summed E-state index contributed by atoms with van der Waals surface area (Å²) in [4.78, 5) is 39.4. The van der Waals surface area contributed by atoms with Crippen LogP contribution in [0.5, 0.6) is 0 Å². The molecule has 6 rings (SSSR count). The SMILES string of the molecule is Cc1[nH]n(-c2cccc(Cl)c2)c(=O)c1C=NN1C(=O)c2ccc3c4c(ccc(c24)C1=O)CC3. The summed E-state index contributed by atoms with van der Waals surface area (Å²) in [6, 6.07) is 14.3. The van der Waals surface area contributed by atoms with Crippen LogP contribution < -0.4 is 5.56 Å². The van der Waals surface area contributed by atoms with Gasteiger partial charge < -0.3 is 0 Å². The Morgan fingerprint density at radius 2 is 1.61 bits per heavy atom. The standard InChI is InChI=1S/C25H17ClN4O3/c1-13-20(25(33)29(28-13)17-4-2-3-16(26)11-17)12-27-30-23(31)18-9-7-14-5-6-15-8-10-19(24(30)32)22(18)21(14)15/h2-4,7-12,28H,5-6H2,1H3. The van der Waals surface area contributed by atoms with Gasteiger partial charge in [0.25, 0.3) is 17.4 Å². The Kier molecular flexibility index (Phi) is 4.19. The minimum atomic E-state index is -0.497. The monoisotopic (exact) mass is 456 g/mol. The molecular formula is C25H17ClN4O3. The number of carbonyl (C=O) groups is 2. The summed E-state index contributed by atoms with van der Waals surface area (Å²) in [5, 5.41) is 10.2. The number of benzene rings is 3. The summed E-state index contributed by atoms with van der Waals surface area (Å²) in [5.74, 6) is -0.995. The molecule has 0 saturated carbocycles. The van der Waals surface area contributed by atoms with Crippen LogP contribution in [0, 0.1) is 6.92 Å². The maximum Gasteiger partial charge on any atom is 0.282 e. The van der Waals surface area contributed by atoms with Crippen LogP contribution in [0.2, 0.25) is 5.02 Å². The third-order valence-electron chi connectivity index (χ3n) is 6.33. The molecule has 1 aliphatic carbocycles. The summed E-state index contributed by atoms with van der Waals surface area (Å²) in [7, 11) is 0. The zero-order valence-electron chi connectivity index (χ0n) is 17.6. The zero-order valence-corrected chi connectivity index (χ0v) is 18.3. The summed E-state index contributed by atoms with van der Waals surface area (Å²) >= 11 is 6.05. The van der Waals surface area contributed by atoms with E-state index in [2.05, 4.69) is 10.2 Å². The molecule has 0 fully saturated rings. The van der Waals surface area contributed by atoms with Crippen molar-refractivity contribution in [2.75, 3.05) is 0 Å². The second kappa shape index (κ2) is 7.02. The van der Waals surface area contributed by atoms with Gasteiger partial charge in [0.1, 0.15) is 0 Å². The van der Waals surface area contributed by atoms with Crippen molar-refractivity contribution in [1.29, 1.82) is 0 Å². The van der Waals surface area contributed by atoms with Gasteiger partial charge in [0, 0.05) is 16.1 Å². The minimum Gasteiger partial charge on any atom is -0.295 e. The highest BCUT2D eigenvalue weighted by Crippen LogP contribution is 2.38. The quantitative estimate of drug-likeness (QED) is 0.373. The fraction of sp³-hybridized carbons (Fsp3) is 0.120. The lowest BCUT2D eigenvalue weighted by Crippen LogP contribution is -2.36. The number of H-pyrrole nitrogens is 1. The van der Waals surface area contributed by atoms with Crippen molar-refractivity contribution in [3.63, 3.8) is 0 Å². The van der Waals surface area contributed by atoms with E-state index in [1.807, 2.05) is 12.1 Å². The molecule has 0 unspecified atom stereocenters. The van der Waals surface area contributed by atoms with E-state index >= 15 is 0 Å².